The zero-order valence-corrected chi connectivity index (χ0v) is 6.55. The van der Waals surface area contributed by atoms with E-state index in [1.165, 1.54) is 0 Å². The molecule has 0 unspecified atom stereocenters. The van der Waals surface area contributed by atoms with Gasteiger partial charge in [0, 0.05) is 0 Å². The highest BCUT2D eigenvalue weighted by Gasteiger charge is 1.92. The Labute approximate surface area is 69.3 Å². The monoisotopic (exact) mass is 170 g/mol. The first-order chi connectivity index (χ1) is 5.68. The van der Waals surface area contributed by atoms with Crippen LogP contribution in [0, 0.1) is 6.92 Å². The number of aryl methyl sites for hydroxylation is 1. The van der Waals surface area contributed by atoms with Crippen molar-refractivity contribution in [2.24, 2.45) is 0 Å². The minimum atomic E-state index is -1.84. The normalized spacial score (nSPS) is 9.25. The Balaban J connectivity index is 2.65. The Morgan fingerprint density at radius 2 is 1.83 bits per heavy atom. The second-order valence-electron chi connectivity index (χ2n) is 2.34. The summed E-state index contributed by atoms with van der Waals surface area (Å²) in [5.74, 6) is 0.411. The summed E-state index contributed by atoms with van der Waals surface area (Å²) < 4.78 is 27.7. The van der Waals surface area contributed by atoms with Gasteiger partial charge in [-0.15, -0.1) is 0 Å². The lowest BCUT2D eigenvalue weighted by Crippen LogP contribution is -1.82. The lowest BCUT2D eigenvalue weighted by atomic mass is 10.2. The maximum absolute atomic E-state index is 11.5. The van der Waals surface area contributed by atoms with Crippen LogP contribution in [0.25, 0.3) is 0 Å². The van der Waals surface area contributed by atoms with Gasteiger partial charge < -0.3 is 4.74 Å². The van der Waals surface area contributed by atoms with Crippen LogP contribution in [0.1, 0.15) is 5.56 Å². The van der Waals surface area contributed by atoms with Gasteiger partial charge in [0.05, 0.1) is 0 Å². The van der Waals surface area contributed by atoms with Crippen molar-refractivity contribution >= 4 is 0 Å². The second-order valence-corrected chi connectivity index (χ2v) is 2.34. The highest BCUT2D eigenvalue weighted by atomic mass is 19.3. The number of hydrogen-bond acceptors (Lipinski definition) is 1. The molecule has 1 aromatic rings. The Bertz CT molecular complexity index is 273. The number of hydrogen-bond donors (Lipinski definition) is 0. The molecule has 0 N–H and O–H groups in total. The van der Waals surface area contributed by atoms with E-state index in [0.717, 1.165) is 5.56 Å². The molecular weight excluding hydrogens is 162 g/mol. The van der Waals surface area contributed by atoms with Gasteiger partial charge >= 0.3 is 6.08 Å². The topological polar surface area (TPSA) is 9.23 Å². The molecule has 0 aromatic heterocycles. The smallest absolute Gasteiger partial charge is 0.305 e. The van der Waals surface area contributed by atoms with Crippen molar-refractivity contribution in [2.45, 2.75) is 6.92 Å². The number of benzene rings is 1. The van der Waals surface area contributed by atoms with Crippen molar-refractivity contribution in [2.75, 3.05) is 0 Å². The van der Waals surface area contributed by atoms with Crippen molar-refractivity contribution < 1.29 is 13.5 Å². The summed E-state index contributed by atoms with van der Waals surface area (Å²) in [4.78, 5) is 0. The SMILES string of the molecule is Cc1ccc(OC=C(F)F)cc1. The maximum atomic E-state index is 11.5. The zero-order valence-electron chi connectivity index (χ0n) is 6.55. The number of ether oxygens (including phenoxy) is 1. The first-order valence-corrected chi connectivity index (χ1v) is 3.43. The van der Waals surface area contributed by atoms with E-state index in [1.54, 1.807) is 24.3 Å². The van der Waals surface area contributed by atoms with Gasteiger partial charge in [0.2, 0.25) is 0 Å². The average Bonchev–Trinajstić information content (AvgIpc) is 2.03. The molecule has 0 radical (unpaired) electrons. The van der Waals surface area contributed by atoms with Crippen LogP contribution in [0.2, 0.25) is 0 Å². The third kappa shape index (κ3) is 2.70. The molecule has 1 rings (SSSR count). The van der Waals surface area contributed by atoms with Crippen LogP contribution in [0.15, 0.2) is 36.6 Å². The molecule has 1 nitrogen and oxygen atoms in total. The molecule has 0 atom stereocenters. The van der Waals surface area contributed by atoms with E-state index in [2.05, 4.69) is 4.74 Å². The number of rotatable bonds is 2. The van der Waals surface area contributed by atoms with E-state index >= 15 is 0 Å². The third-order valence-corrected chi connectivity index (χ3v) is 1.31. The summed E-state index contributed by atoms with van der Waals surface area (Å²) in [6, 6.07) is 6.85. The van der Waals surface area contributed by atoms with Crippen LogP contribution in [0.4, 0.5) is 8.78 Å². The van der Waals surface area contributed by atoms with Crippen LogP contribution in [0.3, 0.4) is 0 Å². The van der Waals surface area contributed by atoms with Crippen molar-refractivity contribution in [3.8, 4) is 5.75 Å². The molecule has 0 aliphatic carbocycles. The summed E-state index contributed by atoms with van der Waals surface area (Å²) in [6.45, 7) is 1.91. The predicted molar refractivity (Wildman–Crippen MR) is 42.1 cm³/mol. The fraction of sp³-hybridized carbons (Fsp3) is 0.111. The third-order valence-electron chi connectivity index (χ3n) is 1.31. The van der Waals surface area contributed by atoms with Gasteiger partial charge in [0.1, 0.15) is 5.75 Å². The van der Waals surface area contributed by atoms with Crippen LogP contribution in [-0.2, 0) is 0 Å². The molecule has 12 heavy (non-hydrogen) atoms. The van der Waals surface area contributed by atoms with E-state index < -0.39 is 6.08 Å². The molecule has 0 aliphatic rings. The Morgan fingerprint density at radius 3 is 2.33 bits per heavy atom. The standard InChI is InChI=1S/C9H8F2O/c1-7-2-4-8(5-3-7)12-6-9(10)11/h2-6H,1H3. The van der Waals surface area contributed by atoms with E-state index in [9.17, 15) is 8.78 Å². The molecule has 64 valence electrons. The van der Waals surface area contributed by atoms with Crippen LogP contribution in [-0.4, -0.2) is 0 Å². The first kappa shape index (κ1) is 8.71. The Hall–Kier alpha value is -1.38. The minimum absolute atomic E-state index is 0.411. The fourth-order valence-electron chi connectivity index (χ4n) is 0.729. The molecule has 0 fully saturated rings. The molecule has 0 saturated carbocycles. The average molecular weight is 170 g/mol. The van der Waals surface area contributed by atoms with Gasteiger partial charge in [-0.1, -0.05) is 17.7 Å². The lowest BCUT2D eigenvalue weighted by molar-refractivity contribution is 0.365. The van der Waals surface area contributed by atoms with Crippen molar-refractivity contribution in [1.82, 2.24) is 0 Å². The van der Waals surface area contributed by atoms with Gasteiger partial charge in [-0.25, -0.2) is 0 Å². The summed E-state index contributed by atoms with van der Waals surface area (Å²) in [7, 11) is 0. The van der Waals surface area contributed by atoms with Crippen molar-refractivity contribution in [3.63, 3.8) is 0 Å². The second kappa shape index (κ2) is 3.85. The van der Waals surface area contributed by atoms with E-state index in [-0.39, 0.29) is 0 Å². The molecule has 0 bridgehead atoms. The minimum Gasteiger partial charge on any atom is -0.459 e. The van der Waals surface area contributed by atoms with Gasteiger partial charge in [-0.05, 0) is 19.1 Å². The largest absolute Gasteiger partial charge is 0.459 e. The number of halogens is 2. The molecule has 0 amide bonds. The van der Waals surface area contributed by atoms with Crippen LogP contribution >= 0.6 is 0 Å². The quantitative estimate of drug-likeness (QED) is 0.619. The molecule has 0 saturated heterocycles. The van der Waals surface area contributed by atoms with Gasteiger partial charge in [0.15, 0.2) is 6.26 Å². The highest BCUT2D eigenvalue weighted by molar-refractivity contribution is 5.26. The van der Waals surface area contributed by atoms with E-state index in [1.807, 2.05) is 6.92 Å². The maximum Gasteiger partial charge on any atom is 0.305 e. The summed E-state index contributed by atoms with van der Waals surface area (Å²) in [5.41, 5.74) is 1.06. The van der Waals surface area contributed by atoms with Crippen molar-refractivity contribution in [3.05, 3.63) is 42.2 Å². The van der Waals surface area contributed by atoms with Crippen molar-refractivity contribution in [1.29, 1.82) is 0 Å². The molecule has 1 aromatic carbocycles. The molecule has 3 heteroatoms. The van der Waals surface area contributed by atoms with Gasteiger partial charge in [-0.3, -0.25) is 0 Å². The Kier molecular flexibility index (Phi) is 2.80. The fourth-order valence-corrected chi connectivity index (χ4v) is 0.729. The summed E-state index contributed by atoms with van der Waals surface area (Å²) in [5, 5.41) is 0. The molecule has 0 spiro atoms. The van der Waals surface area contributed by atoms with Crippen LogP contribution < -0.4 is 4.74 Å². The first-order valence-electron chi connectivity index (χ1n) is 3.43. The summed E-state index contributed by atoms with van der Waals surface area (Å²) in [6.07, 6.45) is -1.42. The molecular formula is C9H8F2O. The molecule has 0 aliphatic heterocycles. The Morgan fingerprint density at radius 1 is 1.25 bits per heavy atom. The predicted octanol–water partition coefficient (Wildman–Crippen LogP) is 3.11. The van der Waals surface area contributed by atoms with Gasteiger partial charge in [0.25, 0.3) is 0 Å². The highest BCUT2D eigenvalue weighted by Crippen LogP contribution is 2.12. The zero-order chi connectivity index (χ0) is 8.97. The lowest BCUT2D eigenvalue weighted by Gasteiger charge is -1.98. The van der Waals surface area contributed by atoms with E-state index in [4.69, 9.17) is 0 Å². The van der Waals surface area contributed by atoms with Gasteiger partial charge in [-0.2, -0.15) is 8.78 Å². The van der Waals surface area contributed by atoms with E-state index in [0.29, 0.717) is 12.0 Å². The summed E-state index contributed by atoms with van der Waals surface area (Å²) >= 11 is 0. The van der Waals surface area contributed by atoms with Crippen LogP contribution in [0.5, 0.6) is 5.75 Å². The molecule has 0 heterocycles.